The fourth-order valence-corrected chi connectivity index (χ4v) is 2.13. The van der Waals surface area contributed by atoms with Gasteiger partial charge >= 0.3 is 0 Å². The number of rotatable bonds is 5. The van der Waals surface area contributed by atoms with Gasteiger partial charge in [0.1, 0.15) is 5.60 Å². The lowest BCUT2D eigenvalue weighted by Crippen LogP contribution is -2.39. The van der Waals surface area contributed by atoms with Gasteiger partial charge in [-0.2, -0.15) is 0 Å². The minimum absolute atomic E-state index is 0.203. The Hall–Kier alpha value is -1.36. The number of carbonyl (C=O) groups excluding carboxylic acids is 1. The Labute approximate surface area is 107 Å². The smallest absolute Gasteiger partial charge is 0.293 e. The van der Waals surface area contributed by atoms with Crippen molar-refractivity contribution in [1.29, 1.82) is 0 Å². The summed E-state index contributed by atoms with van der Waals surface area (Å²) >= 11 is 0. The van der Waals surface area contributed by atoms with Crippen molar-refractivity contribution >= 4 is 12.9 Å². The monoisotopic (exact) mass is 258 g/mol. The zero-order valence-electron chi connectivity index (χ0n) is 11.0. The van der Waals surface area contributed by atoms with Gasteiger partial charge in [0.05, 0.1) is 0 Å². The summed E-state index contributed by atoms with van der Waals surface area (Å²) in [5.41, 5.74) is 0.962. The molecule has 0 amide bonds. The maximum absolute atomic E-state index is 10.5. The quantitative estimate of drug-likeness (QED) is 0.579. The Morgan fingerprint density at radius 3 is 2.44 bits per heavy atom. The third-order valence-electron chi connectivity index (χ3n) is 3.37. The van der Waals surface area contributed by atoms with E-state index in [0.717, 1.165) is 25.7 Å². The molecule has 1 atom stereocenters. The molecule has 1 aliphatic carbocycles. The van der Waals surface area contributed by atoms with Gasteiger partial charge in [0, 0.05) is 13.0 Å². The summed E-state index contributed by atoms with van der Waals surface area (Å²) in [7, 11) is 0. The molecule has 0 bridgehead atoms. The van der Waals surface area contributed by atoms with E-state index in [0.29, 0.717) is 12.4 Å². The molecule has 0 aromatic rings. The molecule has 18 heavy (non-hydrogen) atoms. The van der Waals surface area contributed by atoms with Crippen LogP contribution >= 0.6 is 0 Å². The molecule has 1 rings (SSSR count). The number of carboxylic acid groups (broad SMARTS) is 1. The lowest BCUT2D eigenvalue weighted by atomic mass is 9.77. The average Bonchev–Trinajstić information content (AvgIpc) is 2.33. The van der Waals surface area contributed by atoms with E-state index in [2.05, 4.69) is 19.9 Å². The predicted molar refractivity (Wildman–Crippen MR) is 67.0 cm³/mol. The Morgan fingerprint density at radius 1 is 1.50 bits per heavy atom. The van der Waals surface area contributed by atoms with Crippen molar-refractivity contribution in [3.63, 3.8) is 0 Å². The normalized spacial score (nSPS) is 22.6. The van der Waals surface area contributed by atoms with Crippen molar-refractivity contribution in [2.75, 3.05) is 6.61 Å². The highest BCUT2D eigenvalue weighted by atomic mass is 16.5. The van der Waals surface area contributed by atoms with Gasteiger partial charge in [0.25, 0.3) is 12.9 Å². The summed E-state index contributed by atoms with van der Waals surface area (Å²) in [4.78, 5) is 18.9. The van der Waals surface area contributed by atoms with Crippen LogP contribution in [-0.4, -0.2) is 35.4 Å². The first-order valence-electron chi connectivity index (χ1n) is 6.04. The first-order chi connectivity index (χ1) is 8.56. The van der Waals surface area contributed by atoms with E-state index in [1.807, 2.05) is 0 Å². The highest BCUT2D eigenvalue weighted by Crippen LogP contribution is 2.37. The molecule has 0 spiro atoms. The molecule has 2 N–H and O–H groups in total. The molecule has 0 aromatic heterocycles. The van der Waals surface area contributed by atoms with E-state index < -0.39 is 0 Å². The second-order valence-corrected chi connectivity index (χ2v) is 4.58. The summed E-state index contributed by atoms with van der Waals surface area (Å²) < 4.78 is 5.27. The van der Waals surface area contributed by atoms with Gasteiger partial charge in [-0.15, -0.1) is 0 Å². The van der Waals surface area contributed by atoms with Gasteiger partial charge < -0.3 is 14.9 Å². The van der Waals surface area contributed by atoms with E-state index in [-0.39, 0.29) is 18.7 Å². The fourth-order valence-electron chi connectivity index (χ4n) is 2.13. The molecule has 0 saturated heterocycles. The third kappa shape index (κ3) is 4.87. The number of ether oxygens (including phenoxy) is 1. The lowest BCUT2D eigenvalue weighted by Gasteiger charge is -2.38. The predicted octanol–water partition coefficient (Wildman–Crippen LogP) is 1.75. The highest BCUT2D eigenvalue weighted by molar-refractivity contribution is 5.39. The van der Waals surface area contributed by atoms with Gasteiger partial charge in [-0.05, 0) is 25.2 Å². The summed E-state index contributed by atoms with van der Waals surface area (Å²) in [5.74, 6) is 0.328. The fraction of sp³-hybridized carbons (Fsp3) is 0.692. The van der Waals surface area contributed by atoms with Gasteiger partial charge in [-0.3, -0.25) is 9.59 Å². The van der Waals surface area contributed by atoms with E-state index in [4.69, 9.17) is 19.7 Å². The standard InChI is InChI=1S/C12H20O3.CH2O2/c1-10(2)12(15-9-14)6-3-11(4-7-12)5-8-13;2-1-3/h3,9-10,13H,4-8H2,1-2H3;1H,(H,2,3). The van der Waals surface area contributed by atoms with E-state index in [1.165, 1.54) is 5.57 Å². The van der Waals surface area contributed by atoms with Gasteiger partial charge in [0.2, 0.25) is 0 Å². The van der Waals surface area contributed by atoms with Crippen LogP contribution in [0.3, 0.4) is 0 Å². The van der Waals surface area contributed by atoms with Crippen LogP contribution < -0.4 is 0 Å². The highest BCUT2D eigenvalue weighted by Gasteiger charge is 2.36. The number of hydrogen-bond acceptors (Lipinski definition) is 4. The molecule has 1 unspecified atom stereocenters. The second kappa shape index (κ2) is 8.69. The molecule has 1 aliphatic rings. The summed E-state index contributed by atoms with van der Waals surface area (Å²) in [6.07, 6.45) is 5.43. The van der Waals surface area contributed by atoms with Crippen LogP contribution in [0.1, 0.15) is 39.5 Å². The van der Waals surface area contributed by atoms with E-state index in [1.54, 1.807) is 0 Å². The van der Waals surface area contributed by atoms with Crippen molar-refractivity contribution < 1.29 is 24.5 Å². The second-order valence-electron chi connectivity index (χ2n) is 4.58. The molecule has 0 fully saturated rings. The van der Waals surface area contributed by atoms with E-state index in [9.17, 15) is 4.79 Å². The number of aliphatic hydroxyl groups is 1. The molecule has 0 saturated carbocycles. The summed E-state index contributed by atoms with van der Waals surface area (Å²) in [6.45, 7) is 4.67. The van der Waals surface area contributed by atoms with E-state index >= 15 is 0 Å². The molecule has 0 radical (unpaired) electrons. The largest absolute Gasteiger partial charge is 0.483 e. The van der Waals surface area contributed by atoms with Crippen molar-refractivity contribution in [2.45, 2.75) is 45.1 Å². The molecule has 104 valence electrons. The molecule has 0 aliphatic heterocycles. The van der Waals surface area contributed by atoms with Crippen molar-refractivity contribution in [3.05, 3.63) is 11.6 Å². The lowest BCUT2D eigenvalue weighted by molar-refractivity contribution is -0.150. The van der Waals surface area contributed by atoms with Crippen LogP contribution in [-0.2, 0) is 14.3 Å². The number of hydrogen-bond donors (Lipinski definition) is 2. The summed E-state index contributed by atoms with van der Waals surface area (Å²) in [6, 6.07) is 0. The minimum Gasteiger partial charge on any atom is -0.483 e. The Morgan fingerprint density at radius 2 is 2.11 bits per heavy atom. The van der Waals surface area contributed by atoms with Crippen LogP contribution in [0.15, 0.2) is 11.6 Å². The van der Waals surface area contributed by atoms with Crippen molar-refractivity contribution in [3.8, 4) is 0 Å². The third-order valence-corrected chi connectivity index (χ3v) is 3.37. The van der Waals surface area contributed by atoms with Crippen LogP contribution in [0.5, 0.6) is 0 Å². The Bertz CT molecular complexity index is 285. The van der Waals surface area contributed by atoms with Crippen molar-refractivity contribution in [1.82, 2.24) is 0 Å². The SMILES string of the molecule is CC(C)C1(OC=O)CC=C(CCO)CC1.O=CO. The molecular weight excluding hydrogens is 236 g/mol. The minimum atomic E-state index is -0.319. The molecule has 0 heterocycles. The van der Waals surface area contributed by atoms with Crippen LogP contribution in [0.25, 0.3) is 0 Å². The van der Waals surface area contributed by atoms with Gasteiger partial charge in [-0.25, -0.2) is 0 Å². The molecule has 5 nitrogen and oxygen atoms in total. The van der Waals surface area contributed by atoms with Crippen LogP contribution in [0, 0.1) is 5.92 Å². The maximum atomic E-state index is 10.5. The molecule has 5 heteroatoms. The topological polar surface area (TPSA) is 83.8 Å². The molecular formula is C13H22O5. The van der Waals surface area contributed by atoms with Crippen LogP contribution in [0.4, 0.5) is 0 Å². The molecule has 0 aromatic carbocycles. The summed E-state index contributed by atoms with van der Waals surface area (Å²) in [5, 5.41) is 15.7. The zero-order valence-corrected chi connectivity index (χ0v) is 11.0. The van der Waals surface area contributed by atoms with Crippen LogP contribution in [0.2, 0.25) is 0 Å². The first kappa shape index (κ1) is 16.6. The maximum Gasteiger partial charge on any atom is 0.293 e. The number of aliphatic hydroxyl groups excluding tert-OH is 1. The zero-order chi connectivity index (χ0) is 14.0. The Kier molecular flexibility index (Phi) is 8.03. The number of carbonyl (C=O) groups is 2. The Balaban J connectivity index is 0.000000873. The average molecular weight is 258 g/mol. The first-order valence-corrected chi connectivity index (χ1v) is 6.04. The van der Waals surface area contributed by atoms with Gasteiger partial charge in [0.15, 0.2) is 0 Å². The van der Waals surface area contributed by atoms with Gasteiger partial charge in [-0.1, -0.05) is 25.5 Å². The van der Waals surface area contributed by atoms with Crippen molar-refractivity contribution in [2.24, 2.45) is 5.92 Å².